The molecule has 0 fully saturated rings. The predicted molar refractivity (Wildman–Crippen MR) is 52.0 cm³/mol. The van der Waals surface area contributed by atoms with Crippen molar-refractivity contribution in [3.8, 4) is 0 Å². The van der Waals surface area contributed by atoms with Gasteiger partial charge in [0, 0.05) is 0 Å². The van der Waals surface area contributed by atoms with Crippen LogP contribution < -0.4 is 5.73 Å². The van der Waals surface area contributed by atoms with Crippen molar-refractivity contribution in [3.05, 3.63) is 0 Å². The van der Waals surface area contributed by atoms with E-state index in [4.69, 9.17) is 10.5 Å². The van der Waals surface area contributed by atoms with Crippen molar-refractivity contribution in [1.82, 2.24) is 0 Å². The number of rotatable bonds is 5. The molecule has 0 aliphatic heterocycles. The second-order valence-electron chi connectivity index (χ2n) is 3.05. The number of nitrogens with two attached hydrogens (primary N) is 1. The minimum Gasteiger partial charge on any atom is -0.393 e. The zero-order valence-electron chi connectivity index (χ0n) is 8.10. The molecule has 2 N–H and O–H groups in total. The fourth-order valence-corrected chi connectivity index (χ4v) is 0.918. The van der Waals surface area contributed by atoms with Crippen molar-refractivity contribution in [2.24, 2.45) is 11.7 Å². The largest absolute Gasteiger partial charge is 0.400 e. The summed E-state index contributed by atoms with van der Waals surface area (Å²) in [5, 5.41) is 0. The number of hydrogen-bond donors (Lipinski definition) is 1. The molecule has 0 amide bonds. The molecule has 0 bridgehead atoms. The van der Waals surface area contributed by atoms with Crippen LogP contribution in [0.4, 0.5) is 13.2 Å². The standard InChI is InChI=1S/C8H14F3NOS/c1-3-5(2)13-4-6(7(12)14)8(9,10)11/h5-6H,3-4H2,1-2H3,(H2,12,14). The van der Waals surface area contributed by atoms with E-state index in [-0.39, 0.29) is 6.10 Å². The monoisotopic (exact) mass is 229 g/mol. The number of hydrogen-bond acceptors (Lipinski definition) is 2. The van der Waals surface area contributed by atoms with E-state index in [0.29, 0.717) is 6.42 Å². The highest BCUT2D eigenvalue weighted by atomic mass is 32.1. The van der Waals surface area contributed by atoms with Crippen LogP contribution in [0, 0.1) is 5.92 Å². The van der Waals surface area contributed by atoms with Gasteiger partial charge in [-0.3, -0.25) is 0 Å². The summed E-state index contributed by atoms with van der Waals surface area (Å²) >= 11 is 4.33. The molecule has 0 saturated carbocycles. The summed E-state index contributed by atoms with van der Waals surface area (Å²) in [6.45, 7) is 3.04. The van der Waals surface area contributed by atoms with Gasteiger partial charge in [0.25, 0.3) is 0 Å². The lowest BCUT2D eigenvalue weighted by Gasteiger charge is -2.20. The van der Waals surface area contributed by atoms with E-state index in [2.05, 4.69) is 12.2 Å². The summed E-state index contributed by atoms with van der Waals surface area (Å²) in [4.78, 5) is -0.569. The Balaban J connectivity index is 4.19. The number of thiocarbonyl (C=S) groups is 1. The Hall–Kier alpha value is -0.360. The van der Waals surface area contributed by atoms with Gasteiger partial charge in [0.1, 0.15) is 5.92 Å². The first-order chi connectivity index (χ1) is 6.29. The van der Waals surface area contributed by atoms with Gasteiger partial charge in [-0.25, -0.2) is 0 Å². The molecule has 6 heteroatoms. The molecular weight excluding hydrogens is 215 g/mol. The van der Waals surface area contributed by atoms with Crippen LogP contribution in [0.3, 0.4) is 0 Å². The molecule has 0 aromatic carbocycles. The molecule has 0 radical (unpaired) electrons. The van der Waals surface area contributed by atoms with Gasteiger partial charge in [-0.1, -0.05) is 19.1 Å². The van der Waals surface area contributed by atoms with Crippen molar-refractivity contribution in [3.63, 3.8) is 0 Å². The molecule has 84 valence electrons. The molecule has 14 heavy (non-hydrogen) atoms. The lowest BCUT2D eigenvalue weighted by atomic mass is 10.1. The quantitative estimate of drug-likeness (QED) is 0.734. The molecule has 0 saturated heterocycles. The maximum atomic E-state index is 12.3. The Kier molecular flexibility index (Phi) is 5.36. The van der Waals surface area contributed by atoms with Crippen LogP contribution in [-0.2, 0) is 4.74 Å². The van der Waals surface area contributed by atoms with E-state index < -0.39 is 23.7 Å². The first kappa shape index (κ1) is 13.6. The van der Waals surface area contributed by atoms with Crippen LogP contribution in [0.15, 0.2) is 0 Å². The summed E-state index contributed by atoms with van der Waals surface area (Å²) in [5.41, 5.74) is 4.98. The number of ether oxygens (including phenoxy) is 1. The topological polar surface area (TPSA) is 35.2 Å². The van der Waals surface area contributed by atoms with E-state index in [1.54, 1.807) is 6.92 Å². The van der Waals surface area contributed by atoms with Crippen LogP contribution in [0.25, 0.3) is 0 Å². The van der Waals surface area contributed by atoms with E-state index >= 15 is 0 Å². The average molecular weight is 229 g/mol. The lowest BCUT2D eigenvalue weighted by Crippen LogP contribution is -2.38. The molecule has 0 aromatic heterocycles. The zero-order chi connectivity index (χ0) is 11.4. The van der Waals surface area contributed by atoms with E-state index in [1.165, 1.54) is 0 Å². The normalized spacial score (nSPS) is 16.4. The fourth-order valence-electron chi connectivity index (χ4n) is 0.716. The Labute approximate surface area is 86.6 Å². The van der Waals surface area contributed by atoms with Crippen molar-refractivity contribution < 1.29 is 17.9 Å². The average Bonchev–Trinajstić information content (AvgIpc) is 2.01. The van der Waals surface area contributed by atoms with Crippen LogP contribution in [0.5, 0.6) is 0 Å². The SMILES string of the molecule is CCC(C)OCC(C(N)=S)C(F)(F)F. The third-order valence-corrected chi connectivity index (χ3v) is 2.15. The molecule has 0 spiro atoms. The molecule has 2 nitrogen and oxygen atoms in total. The zero-order valence-corrected chi connectivity index (χ0v) is 8.91. The lowest BCUT2D eigenvalue weighted by molar-refractivity contribution is -0.170. The molecule has 0 aliphatic carbocycles. The van der Waals surface area contributed by atoms with E-state index in [1.807, 2.05) is 6.92 Å². The third-order valence-electron chi connectivity index (χ3n) is 1.86. The molecular formula is C8H14F3NOS. The van der Waals surface area contributed by atoms with Gasteiger partial charge in [0.05, 0.1) is 17.7 Å². The Bertz CT molecular complexity index is 196. The van der Waals surface area contributed by atoms with Crippen molar-refractivity contribution in [1.29, 1.82) is 0 Å². The Morgan fingerprint density at radius 3 is 2.29 bits per heavy atom. The van der Waals surface area contributed by atoms with Gasteiger partial charge in [-0.15, -0.1) is 0 Å². The molecule has 0 rings (SSSR count). The second kappa shape index (κ2) is 5.50. The van der Waals surface area contributed by atoms with Crippen LogP contribution in [-0.4, -0.2) is 23.9 Å². The van der Waals surface area contributed by atoms with Gasteiger partial charge in [-0.2, -0.15) is 13.2 Å². The van der Waals surface area contributed by atoms with Crippen LogP contribution >= 0.6 is 12.2 Å². The van der Waals surface area contributed by atoms with E-state index in [0.717, 1.165) is 0 Å². The number of halogens is 3. The highest BCUT2D eigenvalue weighted by molar-refractivity contribution is 7.80. The van der Waals surface area contributed by atoms with Crippen molar-refractivity contribution >= 4 is 17.2 Å². The van der Waals surface area contributed by atoms with E-state index in [9.17, 15) is 13.2 Å². The van der Waals surface area contributed by atoms with Crippen LogP contribution in [0.2, 0.25) is 0 Å². The maximum Gasteiger partial charge on any atom is 0.400 e. The minimum absolute atomic E-state index is 0.214. The third kappa shape index (κ3) is 4.76. The first-order valence-electron chi connectivity index (χ1n) is 4.26. The molecule has 0 aromatic rings. The first-order valence-corrected chi connectivity index (χ1v) is 4.67. The fraction of sp³-hybridized carbons (Fsp3) is 0.875. The van der Waals surface area contributed by atoms with Gasteiger partial charge < -0.3 is 10.5 Å². The molecule has 2 atom stereocenters. The highest BCUT2D eigenvalue weighted by Gasteiger charge is 2.42. The summed E-state index contributed by atoms with van der Waals surface area (Å²) in [6, 6.07) is 0. The predicted octanol–water partition coefficient (Wildman–Crippen LogP) is 2.27. The molecule has 0 heterocycles. The molecule has 2 unspecified atom stereocenters. The van der Waals surface area contributed by atoms with Crippen molar-refractivity contribution in [2.45, 2.75) is 32.5 Å². The molecule has 0 aliphatic rings. The van der Waals surface area contributed by atoms with Crippen molar-refractivity contribution in [2.75, 3.05) is 6.61 Å². The summed E-state index contributed by atoms with van der Waals surface area (Å²) < 4.78 is 41.8. The van der Waals surface area contributed by atoms with Gasteiger partial charge in [0.15, 0.2) is 0 Å². The summed E-state index contributed by atoms with van der Waals surface area (Å²) in [5.74, 6) is -1.84. The maximum absolute atomic E-state index is 12.3. The summed E-state index contributed by atoms with van der Waals surface area (Å²) in [6.07, 6.45) is -3.98. The minimum atomic E-state index is -4.42. The second-order valence-corrected chi connectivity index (χ2v) is 3.52. The Morgan fingerprint density at radius 1 is 1.50 bits per heavy atom. The highest BCUT2D eigenvalue weighted by Crippen LogP contribution is 2.27. The smallest absolute Gasteiger partial charge is 0.393 e. The van der Waals surface area contributed by atoms with Gasteiger partial charge in [-0.05, 0) is 13.3 Å². The van der Waals surface area contributed by atoms with Crippen LogP contribution in [0.1, 0.15) is 20.3 Å². The van der Waals surface area contributed by atoms with Gasteiger partial charge >= 0.3 is 6.18 Å². The number of alkyl halides is 3. The summed E-state index contributed by atoms with van der Waals surface area (Å²) in [7, 11) is 0. The van der Waals surface area contributed by atoms with Gasteiger partial charge in [0.2, 0.25) is 0 Å². The Morgan fingerprint density at radius 2 is 2.00 bits per heavy atom.